The summed E-state index contributed by atoms with van der Waals surface area (Å²) in [6.07, 6.45) is 5.26. The van der Waals surface area contributed by atoms with E-state index in [2.05, 4.69) is 22.5 Å². The van der Waals surface area contributed by atoms with Crippen molar-refractivity contribution < 1.29 is 20.1 Å². The molecule has 1 aromatic rings. The van der Waals surface area contributed by atoms with Gasteiger partial charge in [0.2, 0.25) is 5.88 Å². The molecule has 0 amide bonds. The largest absolute Gasteiger partial charge is 0.471 e. The van der Waals surface area contributed by atoms with Crippen LogP contribution >= 0.6 is 0 Å². The Labute approximate surface area is 146 Å². The van der Waals surface area contributed by atoms with Crippen LogP contribution in [-0.4, -0.2) is 56.2 Å². The number of aliphatic hydroxyl groups is 3. The normalized spacial score (nSPS) is 34.8. The van der Waals surface area contributed by atoms with Gasteiger partial charge in [0.1, 0.15) is 24.1 Å². The predicted octanol–water partition coefficient (Wildman–Crippen LogP) is 0.180. The van der Waals surface area contributed by atoms with E-state index in [0.717, 1.165) is 49.9 Å². The van der Waals surface area contributed by atoms with Gasteiger partial charge in [0, 0.05) is 18.5 Å². The van der Waals surface area contributed by atoms with Crippen molar-refractivity contribution in [1.29, 1.82) is 0 Å². The highest BCUT2D eigenvalue weighted by molar-refractivity contribution is 5.34. The summed E-state index contributed by atoms with van der Waals surface area (Å²) in [6, 6.07) is 0.0595. The number of hydrogen-bond donors (Lipinski definition) is 4. The van der Waals surface area contributed by atoms with Crippen molar-refractivity contribution in [2.45, 2.75) is 69.0 Å². The molecule has 1 saturated carbocycles. The van der Waals surface area contributed by atoms with Crippen LogP contribution in [0.4, 0.5) is 0 Å². The number of nitrogens with zero attached hydrogens (tertiary/aromatic N) is 2. The maximum Gasteiger partial charge on any atom is 0.220 e. The van der Waals surface area contributed by atoms with Crippen molar-refractivity contribution >= 4 is 0 Å². The van der Waals surface area contributed by atoms with Gasteiger partial charge in [-0.25, -0.2) is 4.98 Å². The third-order valence-corrected chi connectivity index (χ3v) is 5.36. The van der Waals surface area contributed by atoms with E-state index in [1.807, 2.05) is 0 Å². The van der Waals surface area contributed by atoms with Crippen molar-refractivity contribution in [3.05, 3.63) is 29.2 Å². The molecule has 1 aromatic heterocycles. The highest BCUT2D eigenvalue weighted by Gasteiger charge is 2.42. The van der Waals surface area contributed by atoms with E-state index in [-0.39, 0.29) is 12.5 Å². The van der Waals surface area contributed by atoms with E-state index in [1.165, 1.54) is 0 Å². The first-order valence-electron chi connectivity index (χ1n) is 9.12. The number of ether oxygens (including phenoxy) is 1. The molecule has 0 spiro atoms. The lowest BCUT2D eigenvalue weighted by molar-refractivity contribution is -0.0375. The van der Waals surface area contributed by atoms with Crippen molar-refractivity contribution in [3.63, 3.8) is 0 Å². The van der Waals surface area contributed by atoms with Crippen LogP contribution in [-0.2, 0) is 12.8 Å². The smallest absolute Gasteiger partial charge is 0.220 e. The predicted molar refractivity (Wildman–Crippen MR) is 90.2 cm³/mol. The molecule has 5 unspecified atom stereocenters. The lowest BCUT2D eigenvalue weighted by Crippen LogP contribution is -2.35. The quantitative estimate of drug-likeness (QED) is 0.578. The highest BCUT2D eigenvalue weighted by atomic mass is 16.5. The van der Waals surface area contributed by atoms with E-state index in [1.54, 1.807) is 0 Å². The van der Waals surface area contributed by atoms with Gasteiger partial charge in [-0.3, -0.25) is 0 Å². The van der Waals surface area contributed by atoms with Gasteiger partial charge in [-0.2, -0.15) is 4.98 Å². The van der Waals surface area contributed by atoms with Crippen molar-refractivity contribution in [2.24, 2.45) is 0 Å². The number of hydrogen-bond acceptors (Lipinski definition) is 7. The summed E-state index contributed by atoms with van der Waals surface area (Å²) in [7, 11) is 0. The molecule has 25 heavy (non-hydrogen) atoms. The second-order valence-corrected chi connectivity index (χ2v) is 7.13. The lowest BCUT2D eigenvalue weighted by Gasteiger charge is -2.25. The third-order valence-electron chi connectivity index (χ3n) is 5.36. The number of fused-ring (bicyclic) bond motifs is 1. The molecule has 136 valence electrons. The van der Waals surface area contributed by atoms with Gasteiger partial charge < -0.3 is 25.4 Å². The summed E-state index contributed by atoms with van der Waals surface area (Å²) in [4.78, 5) is 9.43. The fourth-order valence-corrected chi connectivity index (χ4v) is 3.86. The molecular weight excluding hydrogens is 322 g/mol. The van der Waals surface area contributed by atoms with Gasteiger partial charge in [-0.1, -0.05) is 12.2 Å². The van der Waals surface area contributed by atoms with E-state index < -0.39 is 24.4 Å². The average Bonchev–Trinajstić information content (AvgIpc) is 2.89. The van der Waals surface area contributed by atoms with Crippen LogP contribution in [0.5, 0.6) is 5.88 Å². The van der Waals surface area contributed by atoms with Crippen LogP contribution in [0, 0.1) is 0 Å². The first-order valence-corrected chi connectivity index (χ1v) is 9.12. The molecule has 0 bridgehead atoms. The van der Waals surface area contributed by atoms with Crippen LogP contribution < -0.4 is 10.1 Å². The third kappa shape index (κ3) is 3.29. The Morgan fingerprint density at radius 2 is 1.88 bits per heavy atom. The second-order valence-electron chi connectivity index (χ2n) is 7.13. The molecule has 1 aliphatic heterocycles. The number of rotatable bonds is 3. The first-order chi connectivity index (χ1) is 12.1. The Morgan fingerprint density at radius 1 is 1.04 bits per heavy atom. The monoisotopic (exact) mass is 347 g/mol. The molecule has 7 nitrogen and oxygen atoms in total. The Kier molecular flexibility index (Phi) is 4.73. The van der Waals surface area contributed by atoms with Gasteiger partial charge in [0.15, 0.2) is 0 Å². The SMILES string of the molecule is OC1CC(Oc2nc(C3CC=CCN3)nc3c2CCCC3)C(O)C1O. The number of aliphatic hydroxyl groups excluding tert-OH is 3. The van der Waals surface area contributed by atoms with Gasteiger partial charge in [0.05, 0.1) is 17.8 Å². The van der Waals surface area contributed by atoms with Crippen LogP contribution in [0.1, 0.15) is 48.8 Å². The topological polar surface area (TPSA) is 108 Å². The Bertz CT molecular complexity index is 666. The molecule has 4 N–H and O–H groups in total. The fraction of sp³-hybridized carbons (Fsp3) is 0.667. The number of aromatic nitrogens is 2. The molecule has 1 fully saturated rings. The summed E-state index contributed by atoms with van der Waals surface area (Å²) in [5, 5.41) is 33.1. The van der Waals surface area contributed by atoms with Crippen LogP contribution in [0.15, 0.2) is 12.2 Å². The second kappa shape index (κ2) is 6.99. The van der Waals surface area contributed by atoms with E-state index in [0.29, 0.717) is 11.7 Å². The maximum atomic E-state index is 10.1. The van der Waals surface area contributed by atoms with Crippen molar-refractivity contribution in [3.8, 4) is 5.88 Å². The fourth-order valence-electron chi connectivity index (χ4n) is 3.86. The Balaban J connectivity index is 1.64. The Morgan fingerprint density at radius 3 is 2.60 bits per heavy atom. The zero-order valence-electron chi connectivity index (χ0n) is 14.1. The number of nitrogens with one attached hydrogen (secondary N) is 1. The molecule has 2 heterocycles. The maximum absolute atomic E-state index is 10.1. The molecule has 2 aliphatic carbocycles. The van der Waals surface area contributed by atoms with Gasteiger partial charge in [-0.15, -0.1) is 0 Å². The number of aryl methyl sites for hydroxylation is 1. The zero-order chi connectivity index (χ0) is 17.4. The highest BCUT2D eigenvalue weighted by Crippen LogP contribution is 2.32. The molecule has 0 saturated heterocycles. The summed E-state index contributed by atoms with van der Waals surface area (Å²) in [5.74, 6) is 1.22. The molecule has 3 aliphatic rings. The minimum atomic E-state index is -1.17. The molecule has 5 atom stereocenters. The average molecular weight is 347 g/mol. The van der Waals surface area contributed by atoms with Gasteiger partial charge in [-0.05, 0) is 32.1 Å². The van der Waals surface area contributed by atoms with Gasteiger partial charge >= 0.3 is 0 Å². The van der Waals surface area contributed by atoms with E-state index >= 15 is 0 Å². The molecule has 7 heteroatoms. The molecule has 0 aromatic carbocycles. The summed E-state index contributed by atoms with van der Waals surface area (Å²) >= 11 is 0. The zero-order valence-corrected chi connectivity index (χ0v) is 14.1. The van der Waals surface area contributed by atoms with E-state index in [4.69, 9.17) is 9.72 Å². The first kappa shape index (κ1) is 16.9. The summed E-state index contributed by atoms with van der Waals surface area (Å²) in [6.45, 7) is 0.793. The minimum Gasteiger partial charge on any atom is -0.471 e. The van der Waals surface area contributed by atoms with E-state index in [9.17, 15) is 15.3 Å². The van der Waals surface area contributed by atoms with Crippen LogP contribution in [0.2, 0.25) is 0 Å². The van der Waals surface area contributed by atoms with Crippen molar-refractivity contribution in [2.75, 3.05) is 6.54 Å². The Hall–Kier alpha value is -1.54. The van der Waals surface area contributed by atoms with Gasteiger partial charge in [0.25, 0.3) is 0 Å². The summed E-state index contributed by atoms with van der Waals surface area (Å²) in [5.41, 5.74) is 2.03. The van der Waals surface area contributed by atoms with Crippen molar-refractivity contribution in [1.82, 2.24) is 15.3 Å². The molecule has 0 radical (unpaired) electrons. The summed E-state index contributed by atoms with van der Waals surface area (Å²) < 4.78 is 5.99. The standard InChI is InChI=1S/C18H25N3O4/c22-13-9-14(16(24)15(13)23)25-18-10-5-1-2-6-11(10)20-17(21-18)12-7-3-4-8-19-12/h3-4,12-16,19,22-24H,1-2,5-9H2. The van der Waals surface area contributed by atoms with Crippen LogP contribution in [0.3, 0.4) is 0 Å². The molecule has 4 rings (SSSR count). The minimum absolute atomic E-state index is 0.0595. The molecular formula is C18H25N3O4. The lowest BCUT2D eigenvalue weighted by atomic mass is 9.96. The van der Waals surface area contributed by atoms with Crippen LogP contribution in [0.25, 0.3) is 0 Å².